The molecule has 0 spiro atoms. The Bertz CT molecular complexity index is 410. The molecule has 0 saturated heterocycles. The number of carbonyl (C=O) groups is 1. The molecule has 0 atom stereocenters. The molecule has 1 aromatic carbocycles. The number of benzene rings is 1. The predicted octanol–water partition coefficient (Wildman–Crippen LogP) is 1.08. The van der Waals surface area contributed by atoms with Crippen LogP contribution in [0.25, 0.3) is 0 Å². The first-order valence-corrected chi connectivity index (χ1v) is 5.32. The Morgan fingerprint density at radius 3 is 2.56 bits per heavy atom. The quantitative estimate of drug-likeness (QED) is 0.713. The zero-order valence-electron chi connectivity index (χ0n) is 8.89. The third-order valence-corrected chi connectivity index (χ3v) is 3.44. The zero-order valence-corrected chi connectivity index (χ0v) is 8.89. The van der Waals surface area contributed by atoms with Crippen molar-refractivity contribution in [3.8, 4) is 5.75 Å². The molecule has 0 aliphatic heterocycles. The van der Waals surface area contributed by atoms with Crippen LogP contribution >= 0.6 is 0 Å². The predicted molar refractivity (Wildman–Crippen MR) is 59.2 cm³/mol. The number of carboxylic acid groups (broad SMARTS) is 1. The first-order valence-electron chi connectivity index (χ1n) is 5.32. The lowest BCUT2D eigenvalue weighted by Gasteiger charge is -2.44. The summed E-state index contributed by atoms with van der Waals surface area (Å²) in [5.41, 5.74) is 5.09. The Hall–Kier alpha value is -1.55. The van der Waals surface area contributed by atoms with E-state index in [2.05, 4.69) is 0 Å². The lowest BCUT2D eigenvalue weighted by molar-refractivity contribution is -0.149. The van der Waals surface area contributed by atoms with Crippen molar-refractivity contribution < 1.29 is 15.0 Å². The highest BCUT2D eigenvalue weighted by Crippen LogP contribution is 2.50. The lowest BCUT2D eigenvalue weighted by atomic mass is 9.58. The molecule has 0 aromatic heterocycles. The molecule has 86 valence electrons. The fourth-order valence-electron chi connectivity index (χ4n) is 2.48. The van der Waals surface area contributed by atoms with Gasteiger partial charge in [-0.2, -0.15) is 0 Å². The van der Waals surface area contributed by atoms with Gasteiger partial charge in [-0.1, -0.05) is 18.2 Å². The molecule has 0 radical (unpaired) electrons. The van der Waals surface area contributed by atoms with E-state index in [-0.39, 0.29) is 11.7 Å². The summed E-state index contributed by atoms with van der Waals surface area (Å²) in [7, 11) is 0. The fourth-order valence-corrected chi connectivity index (χ4v) is 2.48. The summed E-state index contributed by atoms with van der Waals surface area (Å²) in [6.45, 7) is 0.503. The van der Waals surface area contributed by atoms with Crippen molar-refractivity contribution in [3.05, 3.63) is 29.8 Å². The second kappa shape index (κ2) is 3.79. The van der Waals surface area contributed by atoms with Crippen LogP contribution in [0.2, 0.25) is 0 Å². The van der Waals surface area contributed by atoms with Gasteiger partial charge >= 0.3 is 5.97 Å². The minimum atomic E-state index is -0.935. The van der Waals surface area contributed by atoms with E-state index in [1.54, 1.807) is 18.2 Å². The highest BCUT2D eigenvalue weighted by molar-refractivity contribution is 5.83. The molecule has 1 aromatic rings. The molecule has 1 aliphatic rings. The summed E-state index contributed by atoms with van der Waals surface area (Å²) < 4.78 is 0. The second-order valence-electron chi connectivity index (χ2n) is 4.41. The minimum absolute atomic E-state index is 0.0559. The smallest absolute Gasteiger partial charge is 0.314 e. The van der Waals surface area contributed by atoms with E-state index in [4.69, 9.17) is 5.73 Å². The van der Waals surface area contributed by atoms with Gasteiger partial charge in [0.1, 0.15) is 5.75 Å². The van der Waals surface area contributed by atoms with Gasteiger partial charge in [-0.15, -0.1) is 0 Å². The third-order valence-electron chi connectivity index (χ3n) is 3.44. The van der Waals surface area contributed by atoms with E-state index in [1.807, 2.05) is 0 Å². The van der Waals surface area contributed by atoms with Gasteiger partial charge in [0, 0.05) is 5.56 Å². The van der Waals surface area contributed by atoms with E-state index in [1.165, 1.54) is 6.07 Å². The van der Waals surface area contributed by atoms with Crippen molar-refractivity contribution in [3.63, 3.8) is 0 Å². The number of aliphatic carboxylic acids is 1. The van der Waals surface area contributed by atoms with E-state index in [9.17, 15) is 15.0 Å². The number of carboxylic acids is 1. The molecule has 4 N–H and O–H groups in total. The number of hydrogen-bond acceptors (Lipinski definition) is 3. The molecule has 0 amide bonds. The summed E-state index contributed by atoms with van der Waals surface area (Å²) in [5.74, 6) is -0.574. The van der Waals surface area contributed by atoms with Crippen LogP contribution < -0.4 is 5.73 Å². The van der Waals surface area contributed by atoms with Gasteiger partial charge < -0.3 is 15.9 Å². The average Bonchev–Trinajstić information content (AvgIpc) is 2.19. The standard InChI is InChI=1S/C12H15NO3/c13-7-8-5-12(6-8,11(15)16)9-3-1-2-4-10(9)14/h1-4,8,14H,5-7,13H2,(H,15,16). The van der Waals surface area contributed by atoms with E-state index in [0.29, 0.717) is 24.9 Å². The van der Waals surface area contributed by atoms with Crippen LogP contribution in [0.4, 0.5) is 0 Å². The van der Waals surface area contributed by atoms with Crippen molar-refractivity contribution in [2.75, 3.05) is 6.54 Å². The number of phenolic OH excluding ortho intramolecular Hbond substituents is 1. The Kier molecular flexibility index (Phi) is 2.59. The maximum atomic E-state index is 11.4. The number of aromatic hydroxyl groups is 1. The number of rotatable bonds is 3. The Morgan fingerprint density at radius 1 is 1.44 bits per heavy atom. The van der Waals surface area contributed by atoms with Crippen LogP contribution in [-0.2, 0) is 10.2 Å². The van der Waals surface area contributed by atoms with Crippen molar-refractivity contribution in [2.45, 2.75) is 18.3 Å². The molecule has 1 saturated carbocycles. The molecule has 4 heteroatoms. The summed E-state index contributed by atoms with van der Waals surface area (Å²) >= 11 is 0. The molecular formula is C12H15NO3. The third kappa shape index (κ3) is 1.46. The first-order chi connectivity index (χ1) is 7.60. The second-order valence-corrected chi connectivity index (χ2v) is 4.41. The van der Waals surface area contributed by atoms with Gasteiger partial charge in [0.05, 0.1) is 5.41 Å². The maximum Gasteiger partial charge on any atom is 0.314 e. The minimum Gasteiger partial charge on any atom is -0.508 e. The van der Waals surface area contributed by atoms with Crippen LogP contribution in [0, 0.1) is 5.92 Å². The topological polar surface area (TPSA) is 83.6 Å². The largest absolute Gasteiger partial charge is 0.508 e. The van der Waals surface area contributed by atoms with E-state index >= 15 is 0 Å². The zero-order chi connectivity index (χ0) is 11.8. The molecule has 1 fully saturated rings. The number of para-hydroxylation sites is 1. The molecule has 1 aliphatic carbocycles. The van der Waals surface area contributed by atoms with Gasteiger partial charge in [0.2, 0.25) is 0 Å². The normalized spacial score (nSPS) is 28.4. The van der Waals surface area contributed by atoms with Crippen LogP contribution in [0.5, 0.6) is 5.75 Å². The highest BCUT2D eigenvalue weighted by Gasteiger charge is 2.52. The van der Waals surface area contributed by atoms with Crippen molar-refractivity contribution >= 4 is 5.97 Å². The summed E-state index contributed by atoms with van der Waals surface area (Å²) in [4.78, 5) is 11.4. The molecule has 0 bridgehead atoms. The van der Waals surface area contributed by atoms with Crippen LogP contribution in [-0.4, -0.2) is 22.7 Å². The van der Waals surface area contributed by atoms with Crippen LogP contribution in [0.1, 0.15) is 18.4 Å². The highest BCUT2D eigenvalue weighted by atomic mass is 16.4. The number of phenols is 1. The van der Waals surface area contributed by atoms with E-state index < -0.39 is 11.4 Å². The first kappa shape index (κ1) is 11.0. The Balaban J connectivity index is 2.36. The number of nitrogens with two attached hydrogens (primary N) is 1. The molecular weight excluding hydrogens is 206 g/mol. The molecule has 16 heavy (non-hydrogen) atoms. The monoisotopic (exact) mass is 221 g/mol. The summed E-state index contributed by atoms with van der Waals surface area (Å²) in [5, 5.41) is 19.0. The molecule has 0 heterocycles. The van der Waals surface area contributed by atoms with Crippen LogP contribution in [0.3, 0.4) is 0 Å². The van der Waals surface area contributed by atoms with Crippen molar-refractivity contribution in [2.24, 2.45) is 11.7 Å². The Morgan fingerprint density at radius 2 is 2.06 bits per heavy atom. The fraction of sp³-hybridized carbons (Fsp3) is 0.417. The van der Waals surface area contributed by atoms with Gasteiger partial charge in [-0.25, -0.2) is 0 Å². The van der Waals surface area contributed by atoms with Gasteiger partial charge in [-0.3, -0.25) is 4.79 Å². The maximum absolute atomic E-state index is 11.4. The molecule has 0 unspecified atom stereocenters. The SMILES string of the molecule is NCC1CC(C(=O)O)(c2ccccc2O)C1. The average molecular weight is 221 g/mol. The Labute approximate surface area is 93.7 Å². The van der Waals surface area contributed by atoms with Crippen LogP contribution in [0.15, 0.2) is 24.3 Å². The number of hydrogen-bond donors (Lipinski definition) is 3. The van der Waals surface area contributed by atoms with Gasteiger partial charge in [0.25, 0.3) is 0 Å². The summed E-state index contributed by atoms with van der Waals surface area (Å²) in [6.07, 6.45) is 1.02. The molecule has 2 rings (SSSR count). The summed E-state index contributed by atoms with van der Waals surface area (Å²) in [6, 6.07) is 6.63. The lowest BCUT2D eigenvalue weighted by Crippen LogP contribution is -2.50. The van der Waals surface area contributed by atoms with Crippen molar-refractivity contribution in [1.82, 2.24) is 0 Å². The van der Waals surface area contributed by atoms with Gasteiger partial charge in [-0.05, 0) is 31.4 Å². The van der Waals surface area contributed by atoms with E-state index in [0.717, 1.165) is 0 Å². The van der Waals surface area contributed by atoms with Gasteiger partial charge in [0.15, 0.2) is 0 Å². The molecule has 4 nitrogen and oxygen atoms in total. The van der Waals surface area contributed by atoms with Crippen molar-refractivity contribution in [1.29, 1.82) is 0 Å².